The fourth-order valence-corrected chi connectivity index (χ4v) is 5.73. The molecule has 5 aromatic carbocycles. The molecule has 0 bridgehead atoms. The number of halogens is 3. The van der Waals surface area contributed by atoms with Crippen LogP contribution in [0.15, 0.2) is 109 Å². The molecule has 0 heterocycles. The van der Waals surface area contributed by atoms with Gasteiger partial charge in [-0.3, -0.25) is 9.59 Å². The van der Waals surface area contributed by atoms with E-state index >= 15 is 0 Å². The van der Waals surface area contributed by atoms with Gasteiger partial charge >= 0.3 is 5.97 Å². The van der Waals surface area contributed by atoms with Crippen molar-refractivity contribution in [2.75, 3.05) is 5.32 Å². The summed E-state index contributed by atoms with van der Waals surface area (Å²) in [7, 11) is 0. The van der Waals surface area contributed by atoms with Gasteiger partial charge in [-0.25, -0.2) is 0 Å². The lowest BCUT2D eigenvalue weighted by Gasteiger charge is -2.21. The summed E-state index contributed by atoms with van der Waals surface area (Å²) < 4.78 is 6.03. The van der Waals surface area contributed by atoms with E-state index in [0.717, 1.165) is 16.7 Å². The summed E-state index contributed by atoms with van der Waals surface area (Å²) in [4.78, 5) is 25.9. The molecule has 6 nitrogen and oxygen atoms in total. The number of hydrogen-bond donors (Lipinski definition) is 3. The first kappa shape index (κ1) is 34.8. The molecule has 3 N–H and O–H groups in total. The number of anilines is 1. The highest BCUT2D eigenvalue weighted by Crippen LogP contribution is 2.39. The molecule has 0 radical (unpaired) electrons. The van der Waals surface area contributed by atoms with Crippen LogP contribution in [-0.2, 0) is 16.8 Å². The summed E-state index contributed by atoms with van der Waals surface area (Å²) >= 11 is 18.7. The Bertz CT molecular complexity index is 1910. The third-order valence-corrected chi connectivity index (χ3v) is 9.15. The highest BCUT2D eigenvalue weighted by molar-refractivity contribution is 6.48. The lowest BCUT2D eigenvalue weighted by molar-refractivity contribution is -0.137. The van der Waals surface area contributed by atoms with Crippen molar-refractivity contribution in [3.63, 3.8) is 0 Å². The molecular formula is C39H35Cl3N2O4. The van der Waals surface area contributed by atoms with Crippen molar-refractivity contribution in [1.29, 1.82) is 0 Å². The van der Waals surface area contributed by atoms with Gasteiger partial charge in [0.15, 0.2) is 0 Å². The van der Waals surface area contributed by atoms with Crippen LogP contribution in [0.25, 0.3) is 11.1 Å². The van der Waals surface area contributed by atoms with Gasteiger partial charge in [0.1, 0.15) is 16.5 Å². The van der Waals surface area contributed by atoms with E-state index in [1.165, 1.54) is 5.56 Å². The average Bonchev–Trinajstić information content (AvgIpc) is 3.07. The molecule has 0 aliphatic rings. The van der Waals surface area contributed by atoms with Crippen LogP contribution in [0, 0.1) is 0 Å². The van der Waals surface area contributed by atoms with Crippen molar-refractivity contribution in [2.24, 2.45) is 0 Å². The molecule has 0 saturated carbocycles. The van der Waals surface area contributed by atoms with Gasteiger partial charge < -0.3 is 20.5 Å². The number of carbonyl (C=O) groups excluding carboxylic acids is 1. The van der Waals surface area contributed by atoms with Gasteiger partial charge in [0.25, 0.3) is 5.91 Å². The van der Waals surface area contributed by atoms with Gasteiger partial charge in [-0.05, 0) is 63.6 Å². The number of nitrogens with one attached hydrogen (secondary N) is 2. The molecule has 0 fully saturated rings. The van der Waals surface area contributed by atoms with E-state index in [9.17, 15) is 14.7 Å². The molecule has 0 aliphatic carbocycles. The number of rotatable bonds is 11. The Hall–Kier alpha value is -4.49. The summed E-state index contributed by atoms with van der Waals surface area (Å²) in [5.74, 6) is -0.942. The van der Waals surface area contributed by atoms with Crippen LogP contribution in [0.1, 0.15) is 60.3 Å². The number of benzene rings is 5. The fourth-order valence-electron chi connectivity index (χ4n) is 5.16. The van der Waals surface area contributed by atoms with Crippen molar-refractivity contribution in [3.8, 4) is 22.6 Å². The molecule has 0 spiro atoms. The zero-order valence-electron chi connectivity index (χ0n) is 26.7. The second kappa shape index (κ2) is 15.2. The topological polar surface area (TPSA) is 87.7 Å². The first-order chi connectivity index (χ1) is 22.9. The smallest absolute Gasteiger partial charge is 0.305 e. The van der Waals surface area contributed by atoms with Gasteiger partial charge in [0.2, 0.25) is 0 Å². The third-order valence-electron chi connectivity index (χ3n) is 7.87. The number of aliphatic carboxylic acids is 1. The average molecular weight is 702 g/mol. The zero-order chi connectivity index (χ0) is 34.4. The lowest BCUT2D eigenvalue weighted by Crippen LogP contribution is -2.30. The maximum Gasteiger partial charge on any atom is 0.305 e. The summed E-state index contributed by atoms with van der Waals surface area (Å²) in [6.45, 7) is 6.93. The normalized spacial score (nSPS) is 11.9. The molecule has 246 valence electrons. The van der Waals surface area contributed by atoms with E-state index in [1.807, 2.05) is 54.6 Å². The van der Waals surface area contributed by atoms with Crippen LogP contribution in [0.5, 0.6) is 11.5 Å². The van der Waals surface area contributed by atoms with Gasteiger partial charge in [0, 0.05) is 12.2 Å². The number of ether oxygens (including phenoxy) is 1. The van der Waals surface area contributed by atoms with Crippen LogP contribution in [0.2, 0.25) is 15.1 Å². The first-order valence-electron chi connectivity index (χ1n) is 15.4. The number of amides is 1. The minimum Gasteiger partial charge on any atom is -0.481 e. The summed E-state index contributed by atoms with van der Waals surface area (Å²) in [5, 5.41) is 16.6. The molecule has 5 rings (SSSR count). The molecular weight excluding hydrogens is 667 g/mol. The Labute approximate surface area is 295 Å². The predicted octanol–water partition coefficient (Wildman–Crippen LogP) is 11.0. The molecule has 0 aromatic heterocycles. The highest BCUT2D eigenvalue weighted by atomic mass is 35.5. The summed E-state index contributed by atoms with van der Waals surface area (Å²) in [6.07, 6.45) is -0.311. The Morgan fingerprint density at radius 3 is 2.10 bits per heavy atom. The standard InChI is InChI=1S/C39H35Cl3N2O4/c1-39(2,3)28-15-9-24(10-16-28)23-43-32-19-17-29(48-34-20-18-31(40)36(41)37(34)42)21-30(32)38(47)44-33(22-35(45)46)27-13-11-26(12-14-27)25-7-5-4-6-8-25/h4-21,33,43H,22-23H2,1-3H3,(H,44,47)(H,45,46). The second-order valence-electron chi connectivity index (χ2n) is 12.4. The zero-order valence-corrected chi connectivity index (χ0v) is 29.0. The number of hydrogen-bond acceptors (Lipinski definition) is 4. The van der Waals surface area contributed by atoms with E-state index in [2.05, 4.69) is 55.7 Å². The van der Waals surface area contributed by atoms with Crippen molar-refractivity contribution in [3.05, 3.63) is 147 Å². The quantitative estimate of drug-likeness (QED) is 0.119. The molecule has 0 saturated heterocycles. The van der Waals surface area contributed by atoms with Crippen LogP contribution in [0.4, 0.5) is 5.69 Å². The van der Waals surface area contributed by atoms with E-state index < -0.39 is 17.9 Å². The van der Waals surface area contributed by atoms with Gasteiger partial charge in [-0.2, -0.15) is 0 Å². The third kappa shape index (κ3) is 8.70. The Kier molecular flexibility index (Phi) is 11.0. The summed E-state index contributed by atoms with van der Waals surface area (Å²) in [6, 6.07) is 33.0. The molecule has 5 aromatic rings. The first-order valence-corrected chi connectivity index (χ1v) is 16.5. The SMILES string of the molecule is CC(C)(C)c1ccc(CNc2ccc(Oc3ccc(Cl)c(Cl)c3Cl)cc2C(=O)NC(CC(=O)O)c2ccc(-c3ccccc3)cc2)cc1. The number of carboxylic acid groups (broad SMARTS) is 1. The number of carboxylic acids is 1. The van der Waals surface area contributed by atoms with Crippen LogP contribution in [-0.4, -0.2) is 17.0 Å². The minimum atomic E-state index is -1.05. The monoisotopic (exact) mass is 700 g/mol. The Morgan fingerprint density at radius 2 is 1.46 bits per heavy atom. The van der Waals surface area contributed by atoms with Crippen molar-refractivity contribution in [1.82, 2.24) is 5.32 Å². The highest BCUT2D eigenvalue weighted by Gasteiger charge is 2.22. The van der Waals surface area contributed by atoms with Crippen LogP contribution < -0.4 is 15.4 Å². The molecule has 1 atom stereocenters. The van der Waals surface area contributed by atoms with E-state index in [-0.39, 0.29) is 38.2 Å². The molecule has 9 heteroatoms. The van der Waals surface area contributed by atoms with Gasteiger partial charge in [0.05, 0.1) is 28.1 Å². The van der Waals surface area contributed by atoms with E-state index in [4.69, 9.17) is 39.5 Å². The maximum absolute atomic E-state index is 14.0. The summed E-state index contributed by atoms with van der Waals surface area (Å²) in [5.41, 5.74) is 5.74. The predicted molar refractivity (Wildman–Crippen MR) is 195 cm³/mol. The molecule has 1 unspecified atom stereocenters. The fraction of sp³-hybridized carbons (Fsp3) is 0.179. The minimum absolute atomic E-state index is 0.0264. The maximum atomic E-state index is 14.0. The van der Waals surface area contributed by atoms with Gasteiger partial charge in [-0.15, -0.1) is 0 Å². The van der Waals surface area contributed by atoms with E-state index in [1.54, 1.807) is 30.3 Å². The second-order valence-corrected chi connectivity index (χ2v) is 13.6. The van der Waals surface area contributed by atoms with Gasteiger partial charge in [-0.1, -0.05) is 134 Å². The largest absolute Gasteiger partial charge is 0.481 e. The van der Waals surface area contributed by atoms with Crippen molar-refractivity contribution in [2.45, 2.75) is 45.2 Å². The number of carbonyl (C=O) groups is 2. The Morgan fingerprint density at radius 1 is 0.792 bits per heavy atom. The lowest BCUT2D eigenvalue weighted by atomic mass is 9.87. The molecule has 0 aliphatic heterocycles. The van der Waals surface area contributed by atoms with Crippen molar-refractivity contribution >= 4 is 52.4 Å². The molecule has 1 amide bonds. The molecule has 48 heavy (non-hydrogen) atoms. The Balaban J connectivity index is 1.44. The van der Waals surface area contributed by atoms with Crippen LogP contribution >= 0.6 is 34.8 Å². The van der Waals surface area contributed by atoms with Crippen LogP contribution in [0.3, 0.4) is 0 Å². The van der Waals surface area contributed by atoms with Crippen molar-refractivity contribution < 1.29 is 19.4 Å². The van der Waals surface area contributed by atoms with E-state index in [0.29, 0.717) is 23.5 Å².